The van der Waals surface area contributed by atoms with E-state index in [2.05, 4.69) is 28.3 Å². The van der Waals surface area contributed by atoms with Crippen LogP contribution >= 0.6 is 0 Å². The van der Waals surface area contributed by atoms with Crippen LogP contribution in [0.1, 0.15) is 59.8 Å². The number of hydrogen-bond donors (Lipinski definition) is 0. The first-order valence-corrected chi connectivity index (χ1v) is 10.6. The molecule has 2 saturated heterocycles. The summed E-state index contributed by atoms with van der Waals surface area (Å²) >= 11 is 0. The fourth-order valence-corrected chi connectivity index (χ4v) is 5.46. The number of rotatable bonds is 2. The molecule has 1 atom stereocenters. The molecule has 2 aliphatic heterocycles. The Bertz CT molecular complexity index is 938. The first-order valence-electron chi connectivity index (χ1n) is 10.6. The van der Waals surface area contributed by atoms with Crippen LogP contribution in [-0.4, -0.2) is 62.6 Å². The summed E-state index contributed by atoms with van der Waals surface area (Å²) in [6.45, 7) is 3.14. The molecule has 1 aliphatic carbocycles. The maximum Gasteiger partial charge on any atom is 0.293 e. The minimum absolute atomic E-state index is 0.00896. The molecular formula is C22H27N5O2. The summed E-state index contributed by atoms with van der Waals surface area (Å²) in [7, 11) is 1.77. The van der Waals surface area contributed by atoms with Crippen molar-refractivity contribution < 1.29 is 9.59 Å². The lowest BCUT2D eigenvalue weighted by Gasteiger charge is -2.40. The molecule has 3 aliphatic rings. The van der Waals surface area contributed by atoms with Gasteiger partial charge >= 0.3 is 0 Å². The van der Waals surface area contributed by atoms with E-state index in [1.165, 1.54) is 11.1 Å². The lowest BCUT2D eigenvalue weighted by Crippen LogP contribution is -2.45. The van der Waals surface area contributed by atoms with E-state index in [9.17, 15) is 9.59 Å². The van der Waals surface area contributed by atoms with Crippen molar-refractivity contribution in [3.8, 4) is 0 Å². The van der Waals surface area contributed by atoms with E-state index < -0.39 is 0 Å². The maximum atomic E-state index is 13.2. The van der Waals surface area contributed by atoms with Crippen molar-refractivity contribution in [2.24, 2.45) is 7.05 Å². The van der Waals surface area contributed by atoms with Crippen LogP contribution in [0.4, 0.5) is 0 Å². The fourth-order valence-electron chi connectivity index (χ4n) is 5.46. The average Bonchev–Trinajstić information content (AvgIpc) is 3.48. The zero-order chi connectivity index (χ0) is 20.0. The van der Waals surface area contributed by atoms with Crippen molar-refractivity contribution in [3.63, 3.8) is 0 Å². The van der Waals surface area contributed by atoms with E-state index in [1.807, 2.05) is 15.9 Å². The van der Waals surface area contributed by atoms with Crippen molar-refractivity contribution in [1.82, 2.24) is 24.6 Å². The second-order valence-corrected chi connectivity index (χ2v) is 8.69. The monoisotopic (exact) mass is 393 g/mol. The second kappa shape index (κ2) is 6.97. The number of aromatic nitrogens is 3. The number of aryl methyl sites for hydroxylation is 1. The van der Waals surface area contributed by atoms with Gasteiger partial charge in [-0.25, -0.2) is 4.98 Å². The standard InChI is InChI=1S/C22H27N5O2/c1-25-15-23-19(24-25)21(29)27-12-8-22(9-13-27)14-17(16-6-2-3-7-18(16)22)20(28)26-10-4-5-11-26/h2-3,6-7,15,17H,4-5,8-14H2,1H3. The van der Waals surface area contributed by atoms with E-state index in [4.69, 9.17) is 0 Å². The van der Waals surface area contributed by atoms with Gasteiger partial charge in [0.05, 0.1) is 5.92 Å². The molecule has 2 fully saturated rings. The molecule has 0 radical (unpaired) electrons. The van der Waals surface area contributed by atoms with Crippen molar-refractivity contribution in [1.29, 1.82) is 0 Å². The molecule has 0 N–H and O–H groups in total. The quantitative estimate of drug-likeness (QED) is 0.783. The first-order chi connectivity index (χ1) is 14.1. The minimum atomic E-state index is -0.101. The maximum absolute atomic E-state index is 13.2. The third-order valence-electron chi connectivity index (χ3n) is 7.02. The number of fused-ring (bicyclic) bond motifs is 2. The summed E-state index contributed by atoms with van der Waals surface area (Å²) in [4.78, 5) is 34.0. The molecule has 2 amide bonds. The summed E-state index contributed by atoms with van der Waals surface area (Å²) < 4.78 is 1.56. The topological polar surface area (TPSA) is 71.3 Å². The molecule has 3 heterocycles. The van der Waals surface area contributed by atoms with Crippen LogP contribution in [0.5, 0.6) is 0 Å². The molecule has 7 nitrogen and oxygen atoms in total. The Morgan fingerprint density at radius 1 is 1.03 bits per heavy atom. The molecule has 152 valence electrons. The Kier molecular flexibility index (Phi) is 4.41. The molecule has 1 spiro atoms. The van der Waals surface area contributed by atoms with Gasteiger partial charge in [0, 0.05) is 38.6 Å². The first kappa shape index (κ1) is 18.3. The minimum Gasteiger partial charge on any atom is -0.342 e. The third-order valence-corrected chi connectivity index (χ3v) is 7.02. The van der Waals surface area contributed by atoms with Gasteiger partial charge in [-0.1, -0.05) is 24.3 Å². The SMILES string of the molecule is Cn1cnc(C(=O)N2CCC3(CC2)CC(C(=O)N2CCCC2)c2ccccc23)n1. The molecule has 2 aromatic rings. The van der Waals surface area contributed by atoms with Gasteiger partial charge < -0.3 is 9.80 Å². The number of nitrogens with zero attached hydrogens (tertiary/aromatic N) is 5. The van der Waals surface area contributed by atoms with Gasteiger partial charge in [0.15, 0.2) is 0 Å². The van der Waals surface area contributed by atoms with Crippen LogP contribution in [0.2, 0.25) is 0 Å². The fraction of sp³-hybridized carbons (Fsp3) is 0.545. The summed E-state index contributed by atoms with van der Waals surface area (Å²) in [5.41, 5.74) is 2.52. The third kappa shape index (κ3) is 3.03. The Morgan fingerprint density at radius 3 is 2.45 bits per heavy atom. The smallest absolute Gasteiger partial charge is 0.293 e. The Morgan fingerprint density at radius 2 is 1.76 bits per heavy atom. The van der Waals surface area contributed by atoms with E-state index in [0.717, 1.165) is 45.2 Å². The Balaban J connectivity index is 1.36. The van der Waals surface area contributed by atoms with Crippen molar-refractivity contribution in [3.05, 3.63) is 47.5 Å². The normalized spacial score (nSPS) is 22.9. The van der Waals surface area contributed by atoms with Gasteiger partial charge in [-0.2, -0.15) is 0 Å². The van der Waals surface area contributed by atoms with Gasteiger partial charge in [0.1, 0.15) is 6.33 Å². The highest BCUT2D eigenvalue weighted by Crippen LogP contribution is 2.52. The molecular weight excluding hydrogens is 366 g/mol. The van der Waals surface area contributed by atoms with Gasteiger partial charge in [0.2, 0.25) is 11.7 Å². The predicted octanol–water partition coefficient (Wildman–Crippen LogP) is 2.10. The molecule has 0 saturated carbocycles. The van der Waals surface area contributed by atoms with Crippen LogP contribution < -0.4 is 0 Å². The van der Waals surface area contributed by atoms with Gasteiger partial charge in [-0.3, -0.25) is 14.3 Å². The average molecular weight is 393 g/mol. The van der Waals surface area contributed by atoms with E-state index >= 15 is 0 Å². The van der Waals surface area contributed by atoms with Crippen LogP contribution in [0.25, 0.3) is 0 Å². The van der Waals surface area contributed by atoms with Crippen LogP contribution in [0.3, 0.4) is 0 Å². The lowest BCUT2D eigenvalue weighted by atomic mass is 9.73. The number of carbonyl (C=O) groups excluding carboxylic acids is 2. The lowest BCUT2D eigenvalue weighted by molar-refractivity contribution is -0.132. The van der Waals surface area contributed by atoms with Crippen LogP contribution in [-0.2, 0) is 17.3 Å². The highest BCUT2D eigenvalue weighted by Gasteiger charge is 2.49. The Hall–Kier alpha value is -2.70. The molecule has 1 unspecified atom stereocenters. The zero-order valence-corrected chi connectivity index (χ0v) is 16.9. The highest BCUT2D eigenvalue weighted by atomic mass is 16.2. The van der Waals surface area contributed by atoms with Crippen LogP contribution in [0, 0.1) is 0 Å². The van der Waals surface area contributed by atoms with Gasteiger partial charge in [-0.15, -0.1) is 5.10 Å². The Labute approximate surface area is 170 Å². The van der Waals surface area contributed by atoms with E-state index in [-0.39, 0.29) is 23.1 Å². The van der Waals surface area contributed by atoms with Gasteiger partial charge in [-0.05, 0) is 43.2 Å². The molecule has 5 rings (SSSR count). The molecule has 1 aromatic carbocycles. The van der Waals surface area contributed by atoms with Crippen molar-refractivity contribution in [2.45, 2.75) is 43.4 Å². The zero-order valence-electron chi connectivity index (χ0n) is 16.9. The molecule has 1 aromatic heterocycles. The van der Waals surface area contributed by atoms with Gasteiger partial charge in [0.25, 0.3) is 5.91 Å². The number of amides is 2. The summed E-state index contributed by atoms with van der Waals surface area (Å²) in [6.07, 6.45) is 6.42. The van der Waals surface area contributed by atoms with Crippen LogP contribution in [0.15, 0.2) is 30.6 Å². The molecule has 7 heteroatoms. The van der Waals surface area contributed by atoms with Crippen molar-refractivity contribution >= 4 is 11.8 Å². The number of carbonyl (C=O) groups is 2. The molecule has 29 heavy (non-hydrogen) atoms. The number of benzene rings is 1. The summed E-state index contributed by atoms with van der Waals surface area (Å²) in [6, 6.07) is 8.47. The number of hydrogen-bond acceptors (Lipinski definition) is 4. The summed E-state index contributed by atoms with van der Waals surface area (Å²) in [5, 5.41) is 4.15. The van der Waals surface area contributed by atoms with Crippen molar-refractivity contribution in [2.75, 3.05) is 26.2 Å². The summed E-state index contributed by atoms with van der Waals surface area (Å²) in [5.74, 6) is 0.417. The predicted molar refractivity (Wildman–Crippen MR) is 107 cm³/mol. The second-order valence-electron chi connectivity index (χ2n) is 8.69. The van der Waals surface area contributed by atoms with E-state index in [1.54, 1.807) is 18.1 Å². The highest BCUT2D eigenvalue weighted by molar-refractivity contribution is 5.90. The molecule has 0 bridgehead atoms. The largest absolute Gasteiger partial charge is 0.342 e. The van der Waals surface area contributed by atoms with E-state index in [0.29, 0.717) is 19.0 Å². The number of piperidine rings is 1. The number of likely N-dealkylation sites (tertiary alicyclic amines) is 2.